The van der Waals surface area contributed by atoms with Crippen LogP contribution < -0.4 is 10.1 Å². The molecule has 1 aromatic carbocycles. The molecule has 1 heterocycles. The van der Waals surface area contributed by atoms with Crippen LogP contribution in [0.2, 0.25) is 0 Å². The van der Waals surface area contributed by atoms with Crippen LogP contribution in [0.4, 0.5) is 0 Å². The van der Waals surface area contributed by atoms with E-state index in [-0.39, 0.29) is 0 Å². The molecule has 3 nitrogen and oxygen atoms in total. The maximum Gasteiger partial charge on any atom is 0.127 e. The molecule has 0 amide bonds. The number of ether oxygens (including phenoxy) is 1. The molecule has 0 aliphatic carbocycles. The van der Waals surface area contributed by atoms with Crippen LogP contribution in [0.15, 0.2) is 16.6 Å². The molecule has 1 N–H and O–H groups in total. The highest BCUT2D eigenvalue weighted by atomic mass is 79.9. The van der Waals surface area contributed by atoms with E-state index in [2.05, 4.69) is 66.2 Å². The first-order chi connectivity index (χ1) is 9.47. The lowest BCUT2D eigenvalue weighted by Gasteiger charge is -2.26. The third-order valence-electron chi connectivity index (χ3n) is 3.75. The largest absolute Gasteiger partial charge is 0.493 e. The van der Waals surface area contributed by atoms with E-state index in [4.69, 9.17) is 4.74 Å². The van der Waals surface area contributed by atoms with Crippen molar-refractivity contribution in [3.63, 3.8) is 0 Å². The van der Waals surface area contributed by atoms with Gasteiger partial charge in [-0.1, -0.05) is 29.8 Å². The number of likely N-dealkylation sites (N-methyl/N-ethyl adjacent to an activating group) is 1. The maximum absolute atomic E-state index is 5.79. The van der Waals surface area contributed by atoms with E-state index in [1.165, 1.54) is 11.1 Å². The molecule has 1 aliphatic rings. The fraction of sp³-hybridized carbons (Fsp3) is 0.625. The number of nitrogens with zero attached hydrogens (tertiary/aromatic N) is 1. The second-order valence-electron chi connectivity index (χ2n) is 6.15. The summed E-state index contributed by atoms with van der Waals surface area (Å²) in [6.07, 6.45) is 1.02. The van der Waals surface area contributed by atoms with E-state index in [1.807, 2.05) is 0 Å². The molecule has 0 fully saturated rings. The van der Waals surface area contributed by atoms with Gasteiger partial charge in [0.15, 0.2) is 0 Å². The molecule has 112 valence electrons. The molecule has 1 atom stereocenters. The van der Waals surface area contributed by atoms with Crippen LogP contribution in [0, 0.1) is 5.92 Å². The first kappa shape index (κ1) is 15.8. The average Bonchev–Trinajstić information content (AvgIpc) is 2.81. The fourth-order valence-corrected chi connectivity index (χ4v) is 3.18. The predicted molar refractivity (Wildman–Crippen MR) is 87.4 cm³/mol. The monoisotopic (exact) mass is 340 g/mol. The standard InChI is InChI=1S/C16H25BrN2O/c1-11(2)15(10-19(3)4)18-9-13-8-14(17)7-12-5-6-20-16(12)13/h7-8,11,15,18H,5-6,9-10H2,1-4H3. The summed E-state index contributed by atoms with van der Waals surface area (Å²) in [6, 6.07) is 4.83. The lowest BCUT2D eigenvalue weighted by Crippen LogP contribution is -2.41. The van der Waals surface area contributed by atoms with Gasteiger partial charge < -0.3 is 15.0 Å². The van der Waals surface area contributed by atoms with E-state index in [1.54, 1.807) is 0 Å². The van der Waals surface area contributed by atoms with Crippen LogP contribution in [0.1, 0.15) is 25.0 Å². The van der Waals surface area contributed by atoms with Crippen molar-refractivity contribution in [1.29, 1.82) is 0 Å². The van der Waals surface area contributed by atoms with Crippen molar-refractivity contribution in [1.82, 2.24) is 10.2 Å². The van der Waals surface area contributed by atoms with Crippen molar-refractivity contribution >= 4 is 15.9 Å². The summed E-state index contributed by atoms with van der Waals surface area (Å²) in [5.74, 6) is 1.70. The molecule has 2 rings (SSSR count). The van der Waals surface area contributed by atoms with E-state index >= 15 is 0 Å². The molecule has 0 saturated carbocycles. The Morgan fingerprint density at radius 2 is 2.10 bits per heavy atom. The fourth-order valence-electron chi connectivity index (χ4n) is 2.62. The summed E-state index contributed by atoms with van der Waals surface area (Å²) in [5.41, 5.74) is 2.58. The van der Waals surface area contributed by atoms with Gasteiger partial charge in [-0.2, -0.15) is 0 Å². The van der Waals surface area contributed by atoms with E-state index in [0.717, 1.165) is 36.3 Å². The number of rotatable bonds is 6. The Morgan fingerprint density at radius 3 is 2.75 bits per heavy atom. The number of hydrogen-bond donors (Lipinski definition) is 1. The van der Waals surface area contributed by atoms with Gasteiger partial charge in [-0.05, 0) is 37.7 Å². The molecule has 4 heteroatoms. The van der Waals surface area contributed by atoms with E-state index < -0.39 is 0 Å². The smallest absolute Gasteiger partial charge is 0.127 e. The first-order valence-electron chi connectivity index (χ1n) is 7.29. The van der Waals surface area contributed by atoms with Gasteiger partial charge in [-0.15, -0.1) is 0 Å². The zero-order valence-electron chi connectivity index (χ0n) is 12.9. The normalized spacial score (nSPS) is 15.6. The Labute approximate surface area is 130 Å². The minimum Gasteiger partial charge on any atom is -0.493 e. The molecule has 0 radical (unpaired) electrons. The zero-order valence-corrected chi connectivity index (χ0v) is 14.5. The number of benzene rings is 1. The summed E-state index contributed by atoms with van der Waals surface area (Å²) in [5, 5.41) is 3.68. The highest BCUT2D eigenvalue weighted by molar-refractivity contribution is 9.10. The lowest BCUT2D eigenvalue weighted by atomic mass is 10.0. The molecule has 1 aliphatic heterocycles. The van der Waals surface area contributed by atoms with Crippen molar-refractivity contribution in [2.45, 2.75) is 32.9 Å². The quantitative estimate of drug-likeness (QED) is 0.861. The van der Waals surface area contributed by atoms with Crippen LogP contribution in [-0.2, 0) is 13.0 Å². The summed E-state index contributed by atoms with van der Waals surface area (Å²) in [7, 11) is 4.24. The summed E-state index contributed by atoms with van der Waals surface area (Å²) in [4.78, 5) is 2.24. The molecule has 1 unspecified atom stereocenters. The Bertz CT molecular complexity index is 460. The molecular formula is C16H25BrN2O. The number of hydrogen-bond acceptors (Lipinski definition) is 3. The van der Waals surface area contributed by atoms with Gasteiger partial charge in [0.2, 0.25) is 0 Å². The van der Waals surface area contributed by atoms with E-state index in [9.17, 15) is 0 Å². The second kappa shape index (κ2) is 6.92. The Balaban J connectivity index is 2.06. The predicted octanol–water partition coefficient (Wildman–Crippen LogP) is 3.06. The van der Waals surface area contributed by atoms with Crippen LogP contribution >= 0.6 is 15.9 Å². The van der Waals surface area contributed by atoms with Crippen molar-refractivity contribution in [2.75, 3.05) is 27.2 Å². The Hall–Kier alpha value is -0.580. The molecule has 0 saturated heterocycles. The summed E-state index contributed by atoms with van der Waals surface area (Å²) >= 11 is 3.60. The minimum absolute atomic E-state index is 0.487. The third kappa shape index (κ3) is 3.96. The molecule has 0 aromatic heterocycles. The van der Waals surface area contributed by atoms with Crippen molar-refractivity contribution < 1.29 is 4.74 Å². The number of fused-ring (bicyclic) bond motifs is 1. The molecule has 0 bridgehead atoms. The Morgan fingerprint density at radius 1 is 1.35 bits per heavy atom. The summed E-state index contributed by atoms with van der Waals surface area (Å²) < 4.78 is 6.93. The SMILES string of the molecule is CC(C)C(CN(C)C)NCc1cc(Br)cc2c1OCC2. The van der Waals surface area contributed by atoms with Crippen molar-refractivity contribution in [2.24, 2.45) is 5.92 Å². The molecular weight excluding hydrogens is 316 g/mol. The minimum atomic E-state index is 0.487. The highest BCUT2D eigenvalue weighted by Gasteiger charge is 2.19. The third-order valence-corrected chi connectivity index (χ3v) is 4.20. The van der Waals surface area contributed by atoms with Crippen molar-refractivity contribution in [3.8, 4) is 5.75 Å². The van der Waals surface area contributed by atoms with Gasteiger partial charge in [0.05, 0.1) is 6.61 Å². The summed E-state index contributed by atoms with van der Waals surface area (Å²) in [6.45, 7) is 7.25. The van der Waals surface area contributed by atoms with Gasteiger partial charge in [-0.3, -0.25) is 0 Å². The van der Waals surface area contributed by atoms with Gasteiger partial charge >= 0.3 is 0 Å². The van der Waals surface area contributed by atoms with Gasteiger partial charge in [0.1, 0.15) is 5.75 Å². The number of halogens is 1. The zero-order chi connectivity index (χ0) is 14.7. The van der Waals surface area contributed by atoms with Crippen LogP contribution in [0.5, 0.6) is 5.75 Å². The van der Waals surface area contributed by atoms with Crippen molar-refractivity contribution in [3.05, 3.63) is 27.7 Å². The van der Waals surface area contributed by atoms with E-state index in [0.29, 0.717) is 12.0 Å². The molecule has 20 heavy (non-hydrogen) atoms. The van der Waals surface area contributed by atoms with Crippen LogP contribution in [0.25, 0.3) is 0 Å². The highest BCUT2D eigenvalue weighted by Crippen LogP contribution is 2.33. The Kier molecular flexibility index (Phi) is 5.47. The van der Waals surface area contributed by atoms with Crippen LogP contribution in [0.3, 0.4) is 0 Å². The topological polar surface area (TPSA) is 24.5 Å². The first-order valence-corrected chi connectivity index (χ1v) is 8.09. The lowest BCUT2D eigenvalue weighted by molar-refractivity contribution is 0.286. The molecule has 1 aromatic rings. The van der Waals surface area contributed by atoms with Crippen LogP contribution in [-0.4, -0.2) is 38.2 Å². The number of nitrogens with one attached hydrogen (secondary N) is 1. The second-order valence-corrected chi connectivity index (χ2v) is 7.06. The molecule has 0 spiro atoms. The average molecular weight is 341 g/mol. The maximum atomic E-state index is 5.79. The van der Waals surface area contributed by atoms with Gasteiger partial charge in [0, 0.05) is 35.6 Å². The van der Waals surface area contributed by atoms with Gasteiger partial charge in [-0.25, -0.2) is 0 Å². The van der Waals surface area contributed by atoms with Gasteiger partial charge in [0.25, 0.3) is 0 Å².